The lowest BCUT2D eigenvalue weighted by atomic mass is 9.72. The molecule has 2 spiro atoms. The quantitative estimate of drug-likeness (QED) is 0.225. The van der Waals surface area contributed by atoms with Crippen molar-refractivity contribution in [3.8, 4) is 0 Å². The maximum atomic E-state index is 6.26. The van der Waals surface area contributed by atoms with Crippen LogP contribution < -0.4 is 10.6 Å². The van der Waals surface area contributed by atoms with Crippen molar-refractivity contribution < 1.29 is 9.47 Å². The Morgan fingerprint density at radius 1 is 0.688 bits per heavy atom. The second-order valence-corrected chi connectivity index (χ2v) is 17.5. The molecule has 2 aromatic heterocycles. The summed E-state index contributed by atoms with van der Waals surface area (Å²) in [6.45, 7) is 17.3. The third kappa shape index (κ3) is 9.69. The van der Waals surface area contributed by atoms with Gasteiger partial charge in [0.1, 0.15) is 0 Å². The van der Waals surface area contributed by atoms with Gasteiger partial charge in [-0.2, -0.15) is 10.2 Å². The largest absolute Gasteiger partial charge is 0.374 e. The maximum absolute atomic E-state index is 6.26. The molecule has 2 aliphatic carbocycles. The van der Waals surface area contributed by atoms with Crippen molar-refractivity contribution in [2.45, 2.75) is 128 Å². The van der Waals surface area contributed by atoms with Crippen LogP contribution >= 0.6 is 0 Å². The zero-order valence-electron chi connectivity index (χ0n) is 31.6. The van der Waals surface area contributed by atoms with Crippen LogP contribution in [0.4, 0.5) is 0 Å². The van der Waals surface area contributed by atoms with Crippen LogP contribution in [0.15, 0.2) is 12.4 Å². The summed E-state index contributed by atoms with van der Waals surface area (Å²) in [5, 5.41) is 21.7. The highest BCUT2D eigenvalue weighted by Gasteiger charge is 2.48. The van der Waals surface area contributed by atoms with Crippen molar-refractivity contribution in [2.24, 2.45) is 10.8 Å². The van der Waals surface area contributed by atoms with Crippen LogP contribution in [0.5, 0.6) is 0 Å². The second-order valence-electron chi connectivity index (χ2n) is 17.5. The first-order valence-corrected chi connectivity index (χ1v) is 18.8. The molecule has 48 heavy (non-hydrogen) atoms. The second kappa shape index (κ2) is 16.0. The average molecular weight is 669 g/mol. The van der Waals surface area contributed by atoms with Gasteiger partial charge in [-0.3, -0.25) is 10.2 Å². The SMILES string of the molecule is CNCCN(C)Cc1cn[nH]c1C1CCC2(CC1)CC(C)(C)CO2.CNCCN(C)Cc1cn[nH]c1C1CCC2(CC1)CC(C)(C)CO2. The molecule has 4 N–H and O–H groups in total. The Kier molecular flexibility index (Phi) is 12.5. The molecule has 0 aromatic carbocycles. The number of likely N-dealkylation sites (N-methyl/N-ethyl adjacent to an activating group) is 4. The minimum atomic E-state index is 0.157. The van der Waals surface area contributed by atoms with Gasteiger partial charge in [-0.1, -0.05) is 27.7 Å². The van der Waals surface area contributed by atoms with Gasteiger partial charge in [-0.25, -0.2) is 0 Å². The van der Waals surface area contributed by atoms with Gasteiger partial charge in [-0.15, -0.1) is 0 Å². The maximum Gasteiger partial charge on any atom is 0.0689 e. The molecule has 4 aliphatic rings. The summed E-state index contributed by atoms with van der Waals surface area (Å²) in [7, 11) is 8.36. The lowest BCUT2D eigenvalue weighted by Gasteiger charge is -2.37. The van der Waals surface area contributed by atoms with Crippen molar-refractivity contribution in [2.75, 3.05) is 67.6 Å². The molecule has 2 saturated heterocycles. The molecule has 4 heterocycles. The number of aromatic amines is 2. The number of nitrogens with zero attached hydrogens (tertiary/aromatic N) is 4. The van der Waals surface area contributed by atoms with Gasteiger partial charge in [-0.05, 0) is 103 Å². The fourth-order valence-corrected chi connectivity index (χ4v) is 9.10. The van der Waals surface area contributed by atoms with Crippen molar-refractivity contribution in [1.82, 2.24) is 40.8 Å². The molecule has 0 atom stereocenters. The van der Waals surface area contributed by atoms with Gasteiger partial charge in [0.2, 0.25) is 0 Å². The Balaban J connectivity index is 0.000000188. The van der Waals surface area contributed by atoms with E-state index in [0.717, 1.165) is 52.5 Å². The van der Waals surface area contributed by atoms with Crippen LogP contribution in [-0.2, 0) is 22.6 Å². The van der Waals surface area contributed by atoms with Crippen LogP contribution in [0.2, 0.25) is 0 Å². The number of hydrogen-bond acceptors (Lipinski definition) is 8. The summed E-state index contributed by atoms with van der Waals surface area (Å²) in [5.41, 5.74) is 6.46. The molecule has 6 rings (SSSR count). The summed E-state index contributed by atoms with van der Waals surface area (Å²) in [5.74, 6) is 1.22. The minimum Gasteiger partial charge on any atom is -0.374 e. The lowest BCUT2D eigenvalue weighted by Crippen LogP contribution is -2.34. The molecule has 4 fully saturated rings. The van der Waals surface area contributed by atoms with E-state index in [-0.39, 0.29) is 11.2 Å². The van der Waals surface area contributed by atoms with Crippen LogP contribution in [0.25, 0.3) is 0 Å². The normalized spacial score (nSPS) is 29.6. The van der Waals surface area contributed by atoms with Crippen LogP contribution in [0.1, 0.15) is 126 Å². The molecule has 0 unspecified atom stereocenters. The zero-order valence-corrected chi connectivity index (χ0v) is 31.6. The van der Waals surface area contributed by atoms with Gasteiger partial charge in [0, 0.05) is 73.6 Å². The zero-order chi connectivity index (χ0) is 34.4. The first-order chi connectivity index (χ1) is 22.9. The van der Waals surface area contributed by atoms with Crippen LogP contribution in [-0.4, -0.2) is 109 Å². The van der Waals surface area contributed by atoms with Crippen molar-refractivity contribution in [1.29, 1.82) is 0 Å². The van der Waals surface area contributed by atoms with Gasteiger partial charge < -0.3 is 29.9 Å². The third-order valence-corrected chi connectivity index (χ3v) is 11.6. The highest BCUT2D eigenvalue weighted by molar-refractivity contribution is 5.23. The first-order valence-electron chi connectivity index (χ1n) is 18.8. The van der Waals surface area contributed by atoms with E-state index in [1.54, 1.807) is 0 Å². The minimum absolute atomic E-state index is 0.157. The summed E-state index contributed by atoms with van der Waals surface area (Å²) in [6.07, 6.45) is 16.1. The molecular formula is C38H68N8O2. The van der Waals surface area contributed by atoms with Gasteiger partial charge in [0.25, 0.3) is 0 Å². The van der Waals surface area contributed by atoms with Crippen molar-refractivity contribution in [3.05, 3.63) is 34.9 Å². The number of aromatic nitrogens is 4. The highest BCUT2D eigenvalue weighted by atomic mass is 16.5. The van der Waals surface area contributed by atoms with E-state index in [1.165, 1.54) is 86.7 Å². The predicted molar refractivity (Wildman–Crippen MR) is 194 cm³/mol. The fraction of sp³-hybridized carbons (Fsp3) is 0.842. The fourth-order valence-electron chi connectivity index (χ4n) is 9.10. The molecular weight excluding hydrogens is 600 g/mol. The molecule has 272 valence electrons. The molecule has 2 aliphatic heterocycles. The summed E-state index contributed by atoms with van der Waals surface area (Å²) < 4.78 is 12.5. The van der Waals surface area contributed by atoms with Crippen molar-refractivity contribution >= 4 is 0 Å². The van der Waals surface area contributed by atoms with E-state index in [0.29, 0.717) is 22.7 Å². The van der Waals surface area contributed by atoms with E-state index >= 15 is 0 Å². The Hall–Kier alpha value is -1.82. The smallest absolute Gasteiger partial charge is 0.0689 e. The highest BCUT2D eigenvalue weighted by Crippen LogP contribution is 2.51. The topological polar surface area (TPSA) is 106 Å². The summed E-state index contributed by atoms with van der Waals surface area (Å²) in [6, 6.07) is 0. The number of rotatable bonds is 12. The molecule has 0 bridgehead atoms. The monoisotopic (exact) mass is 669 g/mol. The van der Waals surface area contributed by atoms with E-state index in [1.807, 2.05) is 26.5 Å². The molecule has 10 nitrogen and oxygen atoms in total. The summed E-state index contributed by atoms with van der Waals surface area (Å²) in [4.78, 5) is 4.72. The number of nitrogens with one attached hydrogen (secondary N) is 4. The Morgan fingerprint density at radius 3 is 1.38 bits per heavy atom. The number of H-pyrrole nitrogens is 2. The first kappa shape index (κ1) is 37.4. The lowest BCUT2D eigenvalue weighted by molar-refractivity contribution is -0.0298. The predicted octanol–water partition coefficient (Wildman–Crippen LogP) is 5.81. The van der Waals surface area contributed by atoms with Gasteiger partial charge in [0.15, 0.2) is 0 Å². The molecule has 0 amide bonds. The molecule has 2 saturated carbocycles. The number of hydrogen-bond donors (Lipinski definition) is 4. The number of ether oxygens (including phenoxy) is 2. The van der Waals surface area contributed by atoms with E-state index in [9.17, 15) is 0 Å². The van der Waals surface area contributed by atoms with E-state index in [2.05, 4.69) is 82.6 Å². The van der Waals surface area contributed by atoms with Crippen molar-refractivity contribution in [3.63, 3.8) is 0 Å². The average Bonchev–Trinajstić information content (AvgIpc) is 3.83. The van der Waals surface area contributed by atoms with E-state index in [4.69, 9.17) is 9.47 Å². The molecule has 10 heteroatoms. The Bertz CT molecular complexity index is 1160. The van der Waals surface area contributed by atoms with Gasteiger partial charge >= 0.3 is 0 Å². The molecule has 2 aromatic rings. The van der Waals surface area contributed by atoms with Crippen LogP contribution in [0, 0.1) is 10.8 Å². The Labute approximate surface area is 291 Å². The van der Waals surface area contributed by atoms with Crippen LogP contribution in [0.3, 0.4) is 0 Å². The van der Waals surface area contributed by atoms with E-state index < -0.39 is 0 Å². The summed E-state index contributed by atoms with van der Waals surface area (Å²) >= 11 is 0. The Morgan fingerprint density at radius 2 is 1.06 bits per heavy atom. The third-order valence-electron chi connectivity index (χ3n) is 11.6. The molecule has 0 radical (unpaired) electrons. The standard InChI is InChI=1S/2C19H34N4O/c2*1-18(2)13-19(24-14-18)7-5-15(6-8-19)17-16(11-21-22-17)12-23(4)10-9-20-3/h2*11,15,20H,5-10,12-14H2,1-4H3,(H,21,22). The van der Waals surface area contributed by atoms with Gasteiger partial charge in [0.05, 0.1) is 36.8 Å².